The van der Waals surface area contributed by atoms with Gasteiger partial charge in [-0.25, -0.2) is 0 Å². The van der Waals surface area contributed by atoms with Crippen LogP contribution in [0, 0.1) is 19.8 Å². The van der Waals surface area contributed by atoms with E-state index in [1.807, 2.05) is 0 Å². The molecule has 94 valence electrons. The second kappa shape index (κ2) is 5.19. The summed E-state index contributed by atoms with van der Waals surface area (Å²) >= 11 is 0. The normalized spacial score (nSPS) is 26.1. The number of hydrogen-bond acceptors (Lipinski definition) is 2. The van der Waals surface area contributed by atoms with Gasteiger partial charge < -0.3 is 10.5 Å². The average Bonchev–Trinajstić information content (AvgIpc) is 2.70. The first kappa shape index (κ1) is 12.6. The van der Waals surface area contributed by atoms with E-state index in [4.69, 9.17) is 10.5 Å². The highest BCUT2D eigenvalue weighted by Crippen LogP contribution is 2.24. The third kappa shape index (κ3) is 2.88. The molecule has 0 saturated carbocycles. The molecule has 3 atom stereocenters. The van der Waals surface area contributed by atoms with E-state index < -0.39 is 0 Å². The van der Waals surface area contributed by atoms with Gasteiger partial charge in [0.25, 0.3) is 0 Å². The fraction of sp³-hybridized carbons (Fsp3) is 0.600. The van der Waals surface area contributed by atoms with Crippen LogP contribution in [0.4, 0.5) is 0 Å². The monoisotopic (exact) mass is 233 g/mol. The number of aryl methyl sites for hydroxylation is 2. The molecule has 1 aromatic carbocycles. The lowest BCUT2D eigenvalue weighted by atomic mass is 9.92. The molecule has 0 radical (unpaired) electrons. The van der Waals surface area contributed by atoms with Gasteiger partial charge in [-0.05, 0) is 49.3 Å². The van der Waals surface area contributed by atoms with Gasteiger partial charge >= 0.3 is 0 Å². The minimum atomic E-state index is 0.120. The van der Waals surface area contributed by atoms with E-state index in [0.717, 1.165) is 19.4 Å². The quantitative estimate of drug-likeness (QED) is 0.871. The Morgan fingerprint density at radius 1 is 1.35 bits per heavy atom. The van der Waals surface area contributed by atoms with Crippen molar-refractivity contribution in [2.45, 2.75) is 45.8 Å². The molecule has 2 heteroatoms. The van der Waals surface area contributed by atoms with Gasteiger partial charge in [-0.3, -0.25) is 0 Å². The fourth-order valence-corrected chi connectivity index (χ4v) is 2.58. The lowest BCUT2D eigenvalue weighted by molar-refractivity contribution is 0.0726. The van der Waals surface area contributed by atoms with Crippen molar-refractivity contribution in [3.63, 3.8) is 0 Å². The SMILES string of the molecule is Cc1ccc(CC(N)C2OCCC2C)cc1C. The highest BCUT2D eigenvalue weighted by atomic mass is 16.5. The first-order valence-electron chi connectivity index (χ1n) is 6.51. The predicted molar refractivity (Wildman–Crippen MR) is 71.1 cm³/mol. The van der Waals surface area contributed by atoms with Crippen molar-refractivity contribution in [1.82, 2.24) is 0 Å². The smallest absolute Gasteiger partial charge is 0.0755 e. The lowest BCUT2D eigenvalue weighted by Crippen LogP contribution is -2.39. The van der Waals surface area contributed by atoms with Crippen LogP contribution in [0.5, 0.6) is 0 Å². The first-order valence-corrected chi connectivity index (χ1v) is 6.51. The zero-order chi connectivity index (χ0) is 12.4. The molecule has 0 aromatic heterocycles. The zero-order valence-corrected chi connectivity index (χ0v) is 11.1. The van der Waals surface area contributed by atoms with Crippen molar-refractivity contribution < 1.29 is 4.74 Å². The van der Waals surface area contributed by atoms with Gasteiger partial charge in [-0.15, -0.1) is 0 Å². The maximum Gasteiger partial charge on any atom is 0.0755 e. The van der Waals surface area contributed by atoms with Gasteiger partial charge in [0.1, 0.15) is 0 Å². The van der Waals surface area contributed by atoms with Gasteiger partial charge in [-0.1, -0.05) is 25.1 Å². The van der Waals surface area contributed by atoms with Crippen molar-refractivity contribution >= 4 is 0 Å². The molecular weight excluding hydrogens is 210 g/mol. The third-order valence-corrected chi connectivity index (χ3v) is 3.91. The number of rotatable bonds is 3. The van der Waals surface area contributed by atoms with Gasteiger partial charge in [-0.2, -0.15) is 0 Å². The van der Waals surface area contributed by atoms with Crippen LogP contribution in [-0.2, 0) is 11.2 Å². The summed E-state index contributed by atoms with van der Waals surface area (Å²) in [5, 5.41) is 0. The van der Waals surface area contributed by atoms with Gasteiger partial charge in [0.05, 0.1) is 6.10 Å². The summed E-state index contributed by atoms with van der Waals surface area (Å²) < 4.78 is 5.73. The second-order valence-electron chi connectivity index (χ2n) is 5.39. The lowest BCUT2D eigenvalue weighted by Gasteiger charge is -2.22. The molecule has 3 unspecified atom stereocenters. The topological polar surface area (TPSA) is 35.2 Å². The molecule has 1 aliphatic heterocycles. The Kier molecular flexibility index (Phi) is 3.85. The van der Waals surface area contributed by atoms with E-state index in [2.05, 4.69) is 39.0 Å². The van der Waals surface area contributed by atoms with E-state index in [0.29, 0.717) is 5.92 Å². The predicted octanol–water partition coefficient (Wildman–Crippen LogP) is 2.60. The molecule has 1 fully saturated rings. The van der Waals surface area contributed by atoms with Crippen molar-refractivity contribution in [2.24, 2.45) is 11.7 Å². The molecule has 1 aromatic rings. The second-order valence-corrected chi connectivity index (χ2v) is 5.39. The molecule has 1 heterocycles. The minimum Gasteiger partial charge on any atom is -0.376 e. The summed E-state index contributed by atoms with van der Waals surface area (Å²) in [6, 6.07) is 6.72. The Morgan fingerprint density at radius 3 is 2.71 bits per heavy atom. The summed E-state index contributed by atoms with van der Waals surface area (Å²) in [6.07, 6.45) is 2.29. The van der Waals surface area contributed by atoms with Crippen LogP contribution >= 0.6 is 0 Å². The number of hydrogen-bond donors (Lipinski definition) is 1. The fourth-order valence-electron chi connectivity index (χ4n) is 2.58. The number of nitrogens with two attached hydrogens (primary N) is 1. The van der Waals surface area contributed by atoms with Crippen molar-refractivity contribution in [1.29, 1.82) is 0 Å². The Hall–Kier alpha value is -0.860. The standard InChI is InChI=1S/C15H23NO/c1-10-4-5-13(8-12(10)3)9-14(16)15-11(2)6-7-17-15/h4-5,8,11,14-15H,6-7,9,16H2,1-3H3. The molecule has 0 bridgehead atoms. The van der Waals surface area contributed by atoms with E-state index in [1.54, 1.807) is 0 Å². The molecule has 0 spiro atoms. The molecule has 1 aliphatic rings. The molecule has 2 rings (SSSR count). The van der Waals surface area contributed by atoms with E-state index in [-0.39, 0.29) is 12.1 Å². The van der Waals surface area contributed by atoms with Crippen LogP contribution < -0.4 is 5.73 Å². The van der Waals surface area contributed by atoms with Crippen molar-refractivity contribution in [3.05, 3.63) is 34.9 Å². The maximum atomic E-state index is 6.26. The van der Waals surface area contributed by atoms with Gasteiger partial charge in [0, 0.05) is 12.6 Å². The Labute approximate surface area is 104 Å². The van der Waals surface area contributed by atoms with Crippen LogP contribution in [0.15, 0.2) is 18.2 Å². The highest BCUT2D eigenvalue weighted by Gasteiger charge is 2.29. The molecule has 0 amide bonds. The third-order valence-electron chi connectivity index (χ3n) is 3.91. The Morgan fingerprint density at radius 2 is 2.12 bits per heavy atom. The van der Waals surface area contributed by atoms with E-state index >= 15 is 0 Å². The number of ether oxygens (including phenoxy) is 1. The molecular formula is C15H23NO. The van der Waals surface area contributed by atoms with Crippen LogP contribution in [0.3, 0.4) is 0 Å². The number of benzene rings is 1. The average molecular weight is 233 g/mol. The molecule has 0 aliphatic carbocycles. The Bertz CT molecular complexity index is 389. The van der Waals surface area contributed by atoms with Gasteiger partial charge in [0.15, 0.2) is 0 Å². The largest absolute Gasteiger partial charge is 0.376 e. The zero-order valence-electron chi connectivity index (χ0n) is 11.1. The molecule has 2 nitrogen and oxygen atoms in total. The first-order chi connectivity index (χ1) is 8.08. The summed E-state index contributed by atoms with van der Waals surface area (Å²) in [5.41, 5.74) is 10.3. The Balaban J connectivity index is 2.02. The van der Waals surface area contributed by atoms with Crippen LogP contribution in [-0.4, -0.2) is 18.8 Å². The van der Waals surface area contributed by atoms with Crippen LogP contribution in [0.2, 0.25) is 0 Å². The summed E-state index contributed by atoms with van der Waals surface area (Å²) in [4.78, 5) is 0. The maximum absolute atomic E-state index is 6.26. The van der Waals surface area contributed by atoms with Crippen LogP contribution in [0.25, 0.3) is 0 Å². The molecule has 1 saturated heterocycles. The molecule has 17 heavy (non-hydrogen) atoms. The van der Waals surface area contributed by atoms with Crippen molar-refractivity contribution in [2.75, 3.05) is 6.61 Å². The van der Waals surface area contributed by atoms with E-state index in [9.17, 15) is 0 Å². The van der Waals surface area contributed by atoms with E-state index in [1.165, 1.54) is 16.7 Å². The highest BCUT2D eigenvalue weighted by molar-refractivity contribution is 5.30. The van der Waals surface area contributed by atoms with Crippen molar-refractivity contribution in [3.8, 4) is 0 Å². The molecule has 2 N–H and O–H groups in total. The van der Waals surface area contributed by atoms with Gasteiger partial charge in [0.2, 0.25) is 0 Å². The minimum absolute atomic E-state index is 0.120. The summed E-state index contributed by atoms with van der Waals surface area (Å²) in [6.45, 7) is 7.39. The summed E-state index contributed by atoms with van der Waals surface area (Å²) in [7, 11) is 0. The van der Waals surface area contributed by atoms with Crippen LogP contribution in [0.1, 0.15) is 30.0 Å². The summed E-state index contributed by atoms with van der Waals surface area (Å²) in [5.74, 6) is 0.594.